The minimum Gasteiger partial charge on any atom is -0.353 e. The molecule has 8 nitrogen and oxygen atoms in total. The molecule has 394 valence electrons. The number of amides is 4. The summed E-state index contributed by atoms with van der Waals surface area (Å²) >= 11 is 0. The van der Waals surface area contributed by atoms with E-state index in [2.05, 4.69) is 49.0 Å². The van der Waals surface area contributed by atoms with Crippen LogP contribution in [0.15, 0.2) is 0 Å². The number of rotatable bonds is 35. The van der Waals surface area contributed by atoms with E-state index in [-0.39, 0.29) is 60.6 Å². The van der Waals surface area contributed by atoms with Gasteiger partial charge in [0, 0.05) is 37.0 Å². The Morgan fingerprint density at radius 3 is 0.765 bits per heavy atom. The molecule has 8 heteroatoms. The monoisotopic (exact) mass is 951 g/mol. The summed E-state index contributed by atoms with van der Waals surface area (Å²) in [6.45, 7) is 9.07. The Morgan fingerprint density at radius 2 is 0.529 bits per heavy atom. The molecule has 0 aromatic heterocycles. The summed E-state index contributed by atoms with van der Waals surface area (Å²) in [6.07, 6.45) is 47.7. The third-order valence-electron chi connectivity index (χ3n) is 17.6. The summed E-state index contributed by atoms with van der Waals surface area (Å²) in [7, 11) is 0. The second-order valence-corrected chi connectivity index (χ2v) is 23.5. The van der Waals surface area contributed by atoms with Crippen molar-refractivity contribution in [3.8, 4) is 0 Å². The van der Waals surface area contributed by atoms with Crippen molar-refractivity contribution in [3.05, 3.63) is 0 Å². The molecule has 4 aliphatic rings. The lowest BCUT2D eigenvalue weighted by molar-refractivity contribution is -0.141. The molecule has 2 unspecified atom stereocenters. The highest BCUT2D eigenvalue weighted by molar-refractivity contribution is 5.94. The molecule has 0 aromatic carbocycles. The van der Waals surface area contributed by atoms with Crippen LogP contribution in [0.1, 0.15) is 297 Å². The number of hydrogen-bond donors (Lipinski definition) is 4. The topological polar surface area (TPSA) is 116 Å². The lowest BCUT2D eigenvalue weighted by Crippen LogP contribution is -2.51. The van der Waals surface area contributed by atoms with Crippen LogP contribution in [-0.2, 0) is 19.2 Å². The van der Waals surface area contributed by atoms with Crippen LogP contribution in [0.5, 0.6) is 0 Å². The van der Waals surface area contributed by atoms with Gasteiger partial charge >= 0.3 is 0 Å². The molecule has 0 saturated heterocycles. The molecule has 0 heterocycles. The van der Waals surface area contributed by atoms with E-state index in [1.165, 1.54) is 154 Å². The number of hydrogen-bond acceptors (Lipinski definition) is 4. The van der Waals surface area contributed by atoms with Crippen LogP contribution in [0.25, 0.3) is 0 Å². The molecule has 0 aliphatic heterocycles. The van der Waals surface area contributed by atoms with Crippen LogP contribution in [-0.4, -0.2) is 47.8 Å². The van der Waals surface area contributed by atoms with Gasteiger partial charge in [-0.15, -0.1) is 0 Å². The van der Waals surface area contributed by atoms with E-state index >= 15 is 0 Å². The molecule has 4 rings (SSSR count). The summed E-state index contributed by atoms with van der Waals surface area (Å²) in [6, 6.07) is 0.281. The Bertz CT molecular complexity index is 1220. The van der Waals surface area contributed by atoms with Gasteiger partial charge in [-0.1, -0.05) is 182 Å². The number of carbonyl (C=O) groups excluding carboxylic acids is 4. The fraction of sp³-hybridized carbons (Fsp3) is 0.933. The standard InChI is InChI=1S/C60H110N4O4/c1-5-9-13-17-21-25-47-29-37-51(38-30-47)61-57(65)45-55(59(67)63-53-41-33-49(34-42-53)27-23-19-15-11-7-3)56(60(68)64-54-43-35-50(36-44-54)28-24-20-16-12-8-4)46-58(66)62-52-39-31-48(32-40-52)26-22-18-14-10-6-2/h47-56H,5-46H2,1-4H3,(H,61,65)(H,62,66)(H,63,67)(H,64,68). The smallest absolute Gasteiger partial charge is 0.224 e. The highest BCUT2D eigenvalue weighted by Gasteiger charge is 2.40. The minimum absolute atomic E-state index is 0.0401. The average Bonchev–Trinajstić information content (AvgIpc) is 3.34. The maximum absolute atomic E-state index is 14.8. The molecular formula is C60H110N4O4. The molecule has 4 fully saturated rings. The second kappa shape index (κ2) is 35.9. The zero-order valence-corrected chi connectivity index (χ0v) is 45.1. The fourth-order valence-electron chi connectivity index (χ4n) is 13.0. The first-order valence-electron chi connectivity index (χ1n) is 30.4. The quantitative estimate of drug-likeness (QED) is 0.0474. The molecule has 0 radical (unpaired) electrons. The van der Waals surface area contributed by atoms with Crippen LogP contribution in [0.3, 0.4) is 0 Å². The average molecular weight is 952 g/mol. The van der Waals surface area contributed by atoms with Crippen LogP contribution < -0.4 is 21.3 Å². The summed E-state index contributed by atoms with van der Waals surface area (Å²) in [4.78, 5) is 58.0. The Labute approximate surface area is 419 Å². The maximum Gasteiger partial charge on any atom is 0.224 e. The largest absolute Gasteiger partial charge is 0.353 e. The Morgan fingerprint density at radius 1 is 0.309 bits per heavy atom. The van der Waals surface area contributed by atoms with Gasteiger partial charge in [0.2, 0.25) is 23.6 Å². The molecule has 68 heavy (non-hydrogen) atoms. The van der Waals surface area contributed by atoms with Gasteiger partial charge in [-0.3, -0.25) is 19.2 Å². The van der Waals surface area contributed by atoms with E-state index in [4.69, 9.17) is 0 Å². The van der Waals surface area contributed by atoms with Crippen molar-refractivity contribution in [3.63, 3.8) is 0 Å². The first-order chi connectivity index (χ1) is 33.2. The fourth-order valence-corrected chi connectivity index (χ4v) is 13.0. The molecule has 4 saturated carbocycles. The van der Waals surface area contributed by atoms with Crippen molar-refractivity contribution < 1.29 is 19.2 Å². The van der Waals surface area contributed by atoms with Crippen LogP contribution in [0, 0.1) is 35.5 Å². The summed E-state index contributed by atoms with van der Waals surface area (Å²) in [5.74, 6) is 0.358. The predicted octanol–water partition coefficient (Wildman–Crippen LogP) is 15.1. The van der Waals surface area contributed by atoms with Crippen LogP contribution in [0.4, 0.5) is 0 Å². The Kier molecular flexibility index (Phi) is 30.9. The van der Waals surface area contributed by atoms with Crippen molar-refractivity contribution >= 4 is 23.6 Å². The zero-order valence-electron chi connectivity index (χ0n) is 45.1. The highest BCUT2D eigenvalue weighted by Crippen LogP contribution is 2.34. The SMILES string of the molecule is CCCCCCCC1CCC(NC(=O)CC(C(=O)NC2CCC(CCCCCCC)CC2)C(CC(=O)NC2CCC(CCCCCCC)CC2)C(=O)NC2CCC(CCCCCCC)CC2)CC1. The van der Waals surface area contributed by atoms with Crippen molar-refractivity contribution in [2.75, 3.05) is 0 Å². The normalized spacial score (nSPS) is 26.4. The summed E-state index contributed by atoms with van der Waals surface area (Å²) in [5, 5.41) is 13.5. The van der Waals surface area contributed by atoms with E-state index in [0.29, 0.717) is 11.8 Å². The zero-order chi connectivity index (χ0) is 48.6. The van der Waals surface area contributed by atoms with Gasteiger partial charge in [-0.2, -0.15) is 0 Å². The van der Waals surface area contributed by atoms with Crippen molar-refractivity contribution in [1.29, 1.82) is 0 Å². The molecular weight excluding hydrogens is 841 g/mol. The minimum atomic E-state index is -0.903. The van der Waals surface area contributed by atoms with E-state index in [1.54, 1.807) is 0 Å². The maximum atomic E-state index is 14.8. The first-order valence-corrected chi connectivity index (χ1v) is 30.4. The van der Waals surface area contributed by atoms with Crippen LogP contribution in [0.2, 0.25) is 0 Å². The lowest BCUT2D eigenvalue weighted by atomic mass is 9.80. The molecule has 2 atom stereocenters. The van der Waals surface area contributed by atoms with Crippen molar-refractivity contribution in [2.45, 2.75) is 322 Å². The van der Waals surface area contributed by atoms with E-state index in [1.807, 2.05) is 0 Å². The van der Waals surface area contributed by atoms with Gasteiger partial charge < -0.3 is 21.3 Å². The van der Waals surface area contributed by atoms with E-state index in [9.17, 15) is 19.2 Å². The number of unbranched alkanes of at least 4 members (excludes halogenated alkanes) is 16. The third kappa shape index (κ3) is 24.3. The lowest BCUT2D eigenvalue weighted by Gasteiger charge is -2.34. The van der Waals surface area contributed by atoms with Crippen molar-refractivity contribution in [2.24, 2.45) is 35.5 Å². The Balaban J connectivity index is 1.43. The van der Waals surface area contributed by atoms with Gasteiger partial charge in [-0.05, 0) is 126 Å². The molecule has 4 aliphatic carbocycles. The van der Waals surface area contributed by atoms with Gasteiger partial charge in [0.1, 0.15) is 0 Å². The van der Waals surface area contributed by atoms with Gasteiger partial charge in [0.25, 0.3) is 0 Å². The Hall–Kier alpha value is -2.12. The van der Waals surface area contributed by atoms with Crippen molar-refractivity contribution in [1.82, 2.24) is 21.3 Å². The predicted molar refractivity (Wildman–Crippen MR) is 285 cm³/mol. The highest BCUT2D eigenvalue weighted by atomic mass is 16.2. The second-order valence-electron chi connectivity index (χ2n) is 23.5. The summed E-state index contributed by atoms with van der Waals surface area (Å²) in [5.41, 5.74) is 0. The first kappa shape index (κ1) is 58.5. The van der Waals surface area contributed by atoms with E-state index < -0.39 is 11.8 Å². The molecule has 0 aromatic rings. The van der Waals surface area contributed by atoms with Gasteiger partial charge in [-0.25, -0.2) is 0 Å². The van der Waals surface area contributed by atoms with Gasteiger partial charge in [0.05, 0.1) is 11.8 Å². The van der Waals surface area contributed by atoms with Gasteiger partial charge in [0.15, 0.2) is 0 Å². The van der Waals surface area contributed by atoms with Crippen LogP contribution >= 0.6 is 0 Å². The molecule has 0 bridgehead atoms. The number of nitrogens with one attached hydrogen (secondary N) is 4. The number of carbonyl (C=O) groups is 4. The summed E-state index contributed by atoms with van der Waals surface area (Å²) < 4.78 is 0. The molecule has 0 spiro atoms. The molecule has 4 amide bonds. The third-order valence-corrected chi connectivity index (χ3v) is 17.6. The van der Waals surface area contributed by atoms with E-state index in [0.717, 1.165) is 115 Å². The molecule has 4 N–H and O–H groups in total.